The number of amides is 1. The van der Waals surface area contributed by atoms with Crippen LogP contribution in [0.15, 0.2) is 53.4 Å². The van der Waals surface area contributed by atoms with Crippen LogP contribution in [0, 0.1) is 0 Å². The van der Waals surface area contributed by atoms with E-state index in [0.717, 1.165) is 6.08 Å². The van der Waals surface area contributed by atoms with E-state index in [0.29, 0.717) is 16.7 Å². The van der Waals surface area contributed by atoms with Crippen molar-refractivity contribution in [2.45, 2.75) is 5.37 Å². The fourth-order valence-corrected chi connectivity index (χ4v) is 4.70. The third kappa shape index (κ3) is 4.65. The molecule has 12 heteroatoms. The van der Waals surface area contributed by atoms with Gasteiger partial charge in [0.1, 0.15) is 0 Å². The Bertz CT molecular complexity index is 1020. The Balaban J connectivity index is 0.00000196. The van der Waals surface area contributed by atoms with Gasteiger partial charge in [0.2, 0.25) is 0 Å². The first-order chi connectivity index (χ1) is 12.2. The molecule has 28 heavy (non-hydrogen) atoms. The van der Waals surface area contributed by atoms with Crippen LogP contribution < -0.4 is 69.3 Å². The Labute approximate surface area is 204 Å². The molecule has 0 bridgehead atoms. The maximum Gasteiger partial charge on any atom is 1.00 e. The van der Waals surface area contributed by atoms with Gasteiger partial charge in [0.15, 0.2) is 15.2 Å². The summed E-state index contributed by atoms with van der Waals surface area (Å²) >= 11 is 0. The first-order valence-electron chi connectivity index (χ1n) is 7.23. The van der Waals surface area contributed by atoms with Crippen LogP contribution in [0.1, 0.15) is 5.69 Å². The van der Waals surface area contributed by atoms with Crippen molar-refractivity contribution in [1.29, 1.82) is 0 Å². The van der Waals surface area contributed by atoms with Crippen molar-refractivity contribution in [2.75, 3.05) is 5.75 Å². The summed E-state index contributed by atoms with van der Waals surface area (Å²) < 4.78 is 25.0. The van der Waals surface area contributed by atoms with Crippen LogP contribution in [0.2, 0.25) is 0 Å². The van der Waals surface area contributed by atoms with E-state index in [4.69, 9.17) is 0 Å². The average Bonchev–Trinajstić information content (AvgIpc) is 2.57. The van der Waals surface area contributed by atoms with E-state index in [-0.39, 0.29) is 70.3 Å². The molecule has 2 aliphatic heterocycles. The van der Waals surface area contributed by atoms with Gasteiger partial charge in [0.05, 0.1) is 34.7 Å². The molecule has 1 atom stereocenters. The maximum absolute atomic E-state index is 12.5. The maximum atomic E-state index is 12.5. The van der Waals surface area contributed by atoms with Gasteiger partial charge in [0.25, 0.3) is 5.91 Å². The molecule has 3 heterocycles. The summed E-state index contributed by atoms with van der Waals surface area (Å²) in [5.41, 5.74) is -0.820. The number of hydrogen-bond donors (Lipinski definition) is 0. The van der Waals surface area contributed by atoms with Gasteiger partial charge >= 0.3 is 59.1 Å². The van der Waals surface area contributed by atoms with Crippen molar-refractivity contribution >= 4 is 33.8 Å². The second-order valence-corrected chi connectivity index (χ2v) is 7.56. The fraction of sp³-hybridized carbons (Fsp3) is 0.125. The minimum Gasteiger partial charge on any atom is -0.545 e. The second kappa shape index (κ2) is 9.49. The third-order valence-corrected chi connectivity index (χ3v) is 5.67. The fourth-order valence-electron chi connectivity index (χ4n) is 2.79. The van der Waals surface area contributed by atoms with Gasteiger partial charge < -0.3 is 19.8 Å². The molecule has 1 saturated heterocycles. The van der Waals surface area contributed by atoms with E-state index in [1.165, 1.54) is 12.3 Å². The van der Waals surface area contributed by atoms with Gasteiger partial charge in [-0.15, -0.1) is 0 Å². The number of hydrogen-bond acceptors (Lipinski definition) is 8. The predicted molar refractivity (Wildman–Crippen MR) is 82.8 cm³/mol. The van der Waals surface area contributed by atoms with Gasteiger partial charge in [0, 0.05) is 6.20 Å². The summed E-state index contributed by atoms with van der Waals surface area (Å²) in [7, 11) is -3.99. The van der Waals surface area contributed by atoms with Crippen molar-refractivity contribution < 1.29 is 92.1 Å². The number of sulfone groups is 1. The van der Waals surface area contributed by atoms with Crippen LogP contribution in [0.4, 0.5) is 0 Å². The number of carbonyl (C=O) groups excluding carboxylic acids is 3. The molecule has 0 aromatic carbocycles. The Hall–Kier alpha value is -1.27. The van der Waals surface area contributed by atoms with Crippen molar-refractivity contribution in [2.24, 2.45) is 0 Å². The minimum atomic E-state index is -3.99. The topological polar surface area (TPSA) is 148 Å². The number of pyridine rings is 1. The molecule has 1 aromatic rings. The Morgan fingerprint density at radius 3 is 2.43 bits per heavy atom. The summed E-state index contributed by atoms with van der Waals surface area (Å²) in [4.78, 5) is 38.9. The zero-order valence-electron chi connectivity index (χ0n) is 15.0. The molecule has 1 fully saturated rings. The second-order valence-electron chi connectivity index (χ2n) is 5.50. The summed E-state index contributed by atoms with van der Waals surface area (Å²) in [6.07, 6.45) is 4.00. The molecular formula is C16H10N2Na2O7S. The number of carboxylic acid groups (broad SMARTS) is 2. The number of carboxylic acids is 2. The summed E-state index contributed by atoms with van der Waals surface area (Å²) in [6, 6.07) is 4.84. The van der Waals surface area contributed by atoms with Gasteiger partial charge in [-0.25, -0.2) is 8.42 Å². The molecule has 9 nitrogen and oxygen atoms in total. The van der Waals surface area contributed by atoms with Crippen LogP contribution in [0.25, 0.3) is 6.08 Å². The standard InChI is InChI=1S/C16H12N2O7S.2Na/c19-12(20)5-4-9-8-26(24,25)15-11(7-10-3-1-2-6-17-10)14(21)18(15)13(9)16(22)23;;/h1-7,15H,8H2,(H,19,20)(H,22,23);;/q;2*+1/p-2/b5-4+,11-7-;;/t15-;;/m1../s1. The number of aromatic nitrogens is 1. The van der Waals surface area contributed by atoms with E-state index < -0.39 is 44.5 Å². The first-order valence-corrected chi connectivity index (χ1v) is 8.95. The molecule has 1 aromatic heterocycles. The summed E-state index contributed by atoms with van der Waals surface area (Å²) in [5, 5.41) is 20.5. The molecule has 0 unspecified atom stereocenters. The van der Waals surface area contributed by atoms with Crippen LogP contribution in [0.5, 0.6) is 0 Å². The number of carbonyl (C=O) groups is 3. The van der Waals surface area contributed by atoms with Crippen molar-refractivity contribution in [1.82, 2.24) is 9.88 Å². The summed E-state index contributed by atoms with van der Waals surface area (Å²) in [5.74, 6) is -5.01. The van der Waals surface area contributed by atoms with Gasteiger partial charge in [-0.3, -0.25) is 14.7 Å². The quantitative estimate of drug-likeness (QED) is 0.265. The number of fused-ring (bicyclic) bond motifs is 1. The molecule has 0 N–H and O–H groups in total. The van der Waals surface area contributed by atoms with Crippen molar-refractivity contribution in [3.05, 3.63) is 59.1 Å². The minimum absolute atomic E-state index is 0. The molecule has 0 saturated carbocycles. The number of rotatable bonds is 4. The number of nitrogens with zero attached hydrogens (tertiary/aromatic N) is 2. The largest absolute Gasteiger partial charge is 1.00 e. The van der Waals surface area contributed by atoms with E-state index in [2.05, 4.69) is 4.98 Å². The molecule has 0 radical (unpaired) electrons. The predicted octanol–water partition coefficient (Wildman–Crippen LogP) is -8.62. The van der Waals surface area contributed by atoms with Crippen molar-refractivity contribution in [3.63, 3.8) is 0 Å². The van der Waals surface area contributed by atoms with Crippen LogP contribution >= 0.6 is 0 Å². The molecule has 3 rings (SSSR count). The monoisotopic (exact) mass is 420 g/mol. The molecular weight excluding hydrogens is 410 g/mol. The third-order valence-electron chi connectivity index (χ3n) is 3.81. The number of β-lactam (4-membered cyclic amide) rings is 1. The molecule has 1 amide bonds. The zero-order valence-corrected chi connectivity index (χ0v) is 19.8. The molecule has 2 aliphatic rings. The summed E-state index contributed by atoms with van der Waals surface area (Å²) in [6.45, 7) is 0. The zero-order chi connectivity index (χ0) is 19.1. The first kappa shape index (κ1) is 24.8. The van der Waals surface area contributed by atoms with E-state index in [1.807, 2.05) is 0 Å². The molecule has 0 spiro atoms. The van der Waals surface area contributed by atoms with E-state index in [1.54, 1.807) is 18.2 Å². The number of allylic oxidation sites excluding steroid dienone is 1. The SMILES string of the molecule is O=C([O-])/C=C/C1=C(C(=O)[O-])N2C(=O)/C(=C/c3ccccn3)[C@H]2S(=O)(=O)C1.[Na+].[Na+]. The van der Waals surface area contributed by atoms with Gasteiger partial charge in [-0.1, -0.05) is 12.1 Å². The van der Waals surface area contributed by atoms with Crippen LogP contribution in [-0.4, -0.2) is 47.3 Å². The van der Waals surface area contributed by atoms with E-state index >= 15 is 0 Å². The Kier molecular flexibility index (Phi) is 8.39. The van der Waals surface area contributed by atoms with Crippen LogP contribution in [0.3, 0.4) is 0 Å². The Morgan fingerprint density at radius 2 is 1.89 bits per heavy atom. The number of aliphatic carboxylic acids is 2. The smallest absolute Gasteiger partial charge is 0.545 e. The van der Waals surface area contributed by atoms with E-state index in [9.17, 15) is 33.0 Å². The Morgan fingerprint density at radius 1 is 1.21 bits per heavy atom. The van der Waals surface area contributed by atoms with Gasteiger partial charge in [-0.05, 0) is 29.9 Å². The van der Waals surface area contributed by atoms with Crippen molar-refractivity contribution in [3.8, 4) is 0 Å². The van der Waals surface area contributed by atoms with Gasteiger partial charge in [-0.2, -0.15) is 0 Å². The van der Waals surface area contributed by atoms with Crippen LogP contribution in [-0.2, 0) is 24.2 Å². The average molecular weight is 420 g/mol. The molecule has 134 valence electrons. The normalized spacial score (nSPS) is 21.4. The molecule has 0 aliphatic carbocycles.